The molecule has 5 nitrogen and oxygen atoms in total. The van der Waals surface area contributed by atoms with Crippen LogP contribution < -0.4 is 4.72 Å². The molecule has 0 saturated heterocycles. The van der Waals surface area contributed by atoms with Crippen LogP contribution >= 0.6 is 0 Å². The molecule has 0 spiro atoms. The molecule has 0 aliphatic carbocycles. The van der Waals surface area contributed by atoms with Crippen LogP contribution in [0.1, 0.15) is 45.2 Å². The summed E-state index contributed by atoms with van der Waals surface area (Å²) >= 11 is 0. The zero-order chi connectivity index (χ0) is 16.1. The lowest BCUT2D eigenvalue weighted by molar-refractivity contribution is -0.139. The molecule has 0 amide bonds. The normalized spacial score (nSPS) is 13.9. The first-order chi connectivity index (χ1) is 9.61. The van der Waals surface area contributed by atoms with Crippen LogP contribution in [0.4, 0.5) is 0 Å². The Balaban J connectivity index is 2.73. The SMILES string of the molecule is CC(C)(C)CCCS(=O)(=O)N[C@H](C(=O)O)c1ccccc1. The smallest absolute Gasteiger partial charge is 0.326 e. The standard InChI is InChI=1S/C15H23NO4S/c1-15(2,3)10-7-11-21(19,20)16-13(14(17)18)12-8-5-4-6-9-12/h4-6,8-9,13,16H,7,10-11H2,1-3H3,(H,17,18)/t13-/m0/s1. The number of carboxylic acid groups (broad SMARTS) is 1. The highest BCUT2D eigenvalue weighted by molar-refractivity contribution is 7.89. The van der Waals surface area contributed by atoms with Gasteiger partial charge in [0, 0.05) is 0 Å². The first-order valence-electron chi connectivity index (χ1n) is 6.88. The van der Waals surface area contributed by atoms with Gasteiger partial charge < -0.3 is 5.11 Å². The highest BCUT2D eigenvalue weighted by Crippen LogP contribution is 2.21. The van der Waals surface area contributed by atoms with Crippen molar-refractivity contribution in [2.75, 3.05) is 5.75 Å². The summed E-state index contributed by atoms with van der Waals surface area (Å²) in [6, 6.07) is 7.05. The van der Waals surface area contributed by atoms with Gasteiger partial charge in [0.1, 0.15) is 6.04 Å². The number of carbonyl (C=O) groups is 1. The Kier molecular flexibility index (Phi) is 5.92. The summed E-state index contributed by atoms with van der Waals surface area (Å²) in [5.74, 6) is -1.28. The highest BCUT2D eigenvalue weighted by atomic mass is 32.2. The number of carboxylic acids is 1. The van der Waals surface area contributed by atoms with Crippen molar-refractivity contribution in [1.82, 2.24) is 4.72 Å². The Bertz CT molecular complexity index is 561. The first-order valence-corrected chi connectivity index (χ1v) is 8.54. The third kappa shape index (κ3) is 6.73. The summed E-state index contributed by atoms with van der Waals surface area (Å²) in [4.78, 5) is 11.3. The van der Waals surface area contributed by atoms with E-state index in [4.69, 9.17) is 0 Å². The molecule has 0 heterocycles. The second kappa shape index (κ2) is 7.04. The summed E-state index contributed by atoms with van der Waals surface area (Å²) in [5, 5.41) is 9.22. The number of aliphatic carboxylic acids is 1. The molecule has 0 aliphatic heterocycles. The Labute approximate surface area is 126 Å². The molecular formula is C15H23NO4S. The van der Waals surface area contributed by atoms with Crippen molar-refractivity contribution in [3.05, 3.63) is 35.9 Å². The number of hydrogen-bond acceptors (Lipinski definition) is 3. The van der Waals surface area contributed by atoms with Gasteiger partial charge in [-0.15, -0.1) is 0 Å². The maximum atomic E-state index is 12.0. The summed E-state index contributed by atoms with van der Waals surface area (Å²) in [6.07, 6.45) is 1.26. The number of rotatable bonds is 7. The summed E-state index contributed by atoms with van der Waals surface area (Å²) < 4.78 is 26.3. The van der Waals surface area contributed by atoms with Gasteiger partial charge in [0.25, 0.3) is 0 Å². The van der Waals surface area contributed by atoms with E-state index < -0.39 is 22.0 Å². The second-order valence-electron chi connectivity index (χ2n) is 6.28. The molecule has 2 N–H and O–H groups in total. The van der Waals surface area contributed by atoms with Crippen molar-refractivity contribution in [3.63, 3.8) is 0 Å². The average Bonchev–Trinajstić information content (AvgIpc) is 2.35. The molecule has 1 rings (SSSR count). The summed E-state index contributed by atoms with van der Waals surface area (Å²) in [6.45, 7) is 6.12. The van der Waals surface area contributed by atoms with Gasteiger partial charge in [-0.1, -0.05) is 51.1 Å². The fourth-order valence-electron chi connectivity index (χ4n) is 1.94. The summed E-state index contributed by atoms with van der Waals surface area (Å²) in [7, 11) is -3.63. The largest absolute Gasteiger partial charge is 0.480 e. The molecule has 0 unspecified atom stereocenters. The van der Waals surface area contributed by atoms with Crippen LogP contribution in [0.15, 0.2) is 30.3 Å². The van der Waals surface area contributed by atoms with E-state index >= 15 is 0 Å². The van der Waals surface area contributed by atoms with E-state index in [2.05, 4.69) is 4.72 Å². The van der Waals surface area contributed by atoms with E-state index in [1.807, 2.05) is 20.8 Å². The third-order valence-electron chi connectivity index (χ3n) is 3.02. The van der Waals surface area contributed by atoms with Gasteiger partial charge in [-0.2, -0.15) is 4.72 Å². The van der Waals surface area contributed by atoms with Gasteiger partial charge in [-0.05, 0) is 23.8 Å². The maximum absolute atomic E-state index is 12.0. The number of nitrogens with one attached hydrogen (secondary N) is 1. The molecule has 0 aliphatic rings. The van der Waals surface area contributed by atoms with Gasteiger partial charge in [-0.3, -0.25) is 4.79 Å². The molecule has 1 atom stereocenters. The van der Waals surface area contributed by atoms with Crippen LogP contribution in [-0.4, -0.2) is 25.2 Å². The number of hydrogen-bond donors (Lipinski definition) is 2. The minimum atomic E-state index is -3.63. The minimum absolute atomic E-state index is 0.0567. The van der Waals surface area contributed by atoms with Crippen molar-refractivity contribution >= 4 is 16.0 Å². The van der Waals surface area contributed by atoms with Crippen LogP contribution in [0.25, 0.3) is 0 Å². The zero-order valence-corrected chi connectivity index (χ0v) is 13.5. The van der Waals surface area contributed by atoms with E-state index in [1.54, 1.807) is 30.3 Å². The lowest BCUT2D eigenvalue weighted by Gasteiger charge is -2.19. The quantitative estimate of drug-likeness (QED) is 0.810. The Morgan fingerprint density at radius 3 is 2.29 bits per heavy atom. The fourth-order valence-corrected chi connectivity index (χ4v) is 3.18. The Morgan fingerprint density at radius 2 is 1.81 bits per heavy atom. The van der Waals surface area contributed by atoms with Gasteiger partial charge in [0.05, 0.1) is 5.75 Å². The predicted octanol–water partition coefficient (Wildman–Crippen LogP) is 2.56. The predicted molar refractivity (Wildman–Crippen MR) is 82.4 cm³/mol. The molecular weight excluding hydrogens is 290 g/mol. The Morgan fingerprint density at radius 1 is 1.24 bits per heavy atom. The second-order valence-corrected chi connectivity index (χ2v) is 8.16. The molecule has 0 bridgehead atoms. The zero-order valence-electron chi connectivity index (χ0n) is 12.7. The molecule has 1 aromatic rings. The lowest BCUT2D eigenvalue weighted by atomic mass is 9.91. The molecule has 21 heavy (non-hydrogen) atoms. The molecule has 0 fully saturated rings. The monoisotopic (exact) mass is 313 g/mol. The topological polar surface area (TPSA) is 83.5 Å². The Hall–Kier alpha value is -1.40. The molecule has 0 aromatic heterocycles. The fraction of sp³-hybridized carbons (Fsp3) is 0.533. The lowest BCUT2D eigenvalue weighted by Crippen LogP contribution is -2.35. The van der Waals surface area contributed by atoms with Crippen molar-refractivity contribution in [3.8, 4) is 0 Å². The van der Waals surface area contributed by atoms with Crippen molar-refractivity contribution in [1.29, 1.82) is 0 Å². The van der Waals surface area contributed by atoms with Crippen LogP contribution in [0.5, 0.6) is 0 Å². The third-order valence-corrected chi connectivity index (χ3v) is 4.44. The van der Waals surface area contributed by atoms with E-state index in [9.17, 15) is 18.3 Å². The van der Waals surface area contributed by atoms with Crippen molar-refractivity contribution in [2.45, 2.75) is 39.7 Å². The highest BCUT2D eigenvalue weighted by Gasteiger charge is 2.25. The molecule has 6 heteroatoms. The first kappa shape index (κ1) is 17.7. The number of sulfonamides is 1. The van der Waals surface area contributed by atoms with Crippen LogP contribution in [0, 0.1) is 5.41 Å². The van der Waals surface area contributed by atoms with Crippen molar-refractivity contribution < 1.29 is 18.3 Å². The van der Waals surface area contributed by atoms with E-state index in [-0.39, 0.29) is 11.2 Å². The van der Waals surface area contributed by atoms with E-state index in [1.165, 1.54) is 0 Å². The molecule has 0 radical (unpaired) electrons. The van der Waals surface area contributed by atoms with Gasteiger partial charge in [-0.25, -0.2) is 8.42 Å². The molecule has 1 aromatic carbocycles. The molecule has 0 saturated carbocycles. The van der Waals surface area contributed by atoms with Crippen LogP contribution in [0.2, 0.25) is 0 Å². The van der Waals surface area contributed by atoms with E-state index in [0.717, 1.165) is 6.42 Å². The molecule has 118 valence electrons. The minimum Gasteiger partial charge on any atom is -0.480 e. The van der Waals surface area contributed by atoms with Crippen LogP contribution in [-0.2, 0) is 14.8 Å². The van der Waals surface area contributed by atoms with Crippen LogP contribution in [0.3, 0.4) is 0 Å². The van der Waals surface area contributed by atoms with Crippen molar-refractivity contribution in [2.24, 2.45) is 5.41 Å². The van der Waals surface area contributed by atoms with Gasteiger partial charge >= 0.3 is 5.97 Å². The van der Waals surface area contributed by atoms with E-state index in [0.29, 0.717) is 12.0 Å². The van der Waals surface area contributed by atoms with Gasteiger partial charge in [0.2, 0.25) is 10.0 Å². The van der Waals surface area contributed by atoms with Gasteiger partial charge in [0.15, 0.2) is 0 Å². The summed E-state index contributed by atoms with van der Waals surface area (Å²) in [5.41, 5.74) is 0.477. The maximum Gasteiger partial charge on any atom is 0.326 e. The average molecular weight is 313 g/mol. The number of benzene rings is 1.